The maximum Gasteiger partial charge on any atom is 0.265 e. The second kappa shape index (κ2) is 8.58. The second-order valence-electron chi connectivity index (χ2n) is 6.67. The Morgan fingerprint density at radius 2 is 1.90 bits per heavy atom. The van der Waals surface area contributed by atoms with Crippen LogP contribution in [0.1, 0.15) is 18.9 Å². The van der Waals surface area contributed by atoms with Crippen molar-refractivity contribution in [1.82, 2.24) is 19.5 Å². The molecule has 1 aromatic heterocycles. The van der Waals surface area contributed by atoms with Gasteiger partial charge in [-0.3, -0.25) is 4.79 Å². The number of carbonyl (C=O) groups excluding carboxylic acids is 1. The van der Waals surface area contributed by atoms with Crippen LogP contribution in [-0.2, 0) is 21.2 Å². The topological polar surface area (TPSA) is 106 Å². The van der Waals surface area contributed by atoms with Gasteiger partial charge in [0, 0.05) is 19.8 Å². The van der Waals surface area contributed by atoms with Gasteiger partial charge in [0.15, 0.2) is 6.61 Å². The molecule has 0 aliphatic rings. The summed E-state index contributed by atoms with van der Waals surface area (Å²) in [4.78, 5) is 18.7. The lowest BCUT2D eigenvalue weighted by atomic mass is 10.1. The zero-order chi connectivity index (χ0) is 21.0. The highest BCUT2D eigenvalue weighted by molar-refractivity contribution is 7.89. The van der Waals surface area contributed by atoms with E-state index in [4.69, 9.17) is 4.84 Å². The van der Waals surface area contributed by atoms with Crippen LogP contribution in [0.4, 0.5) is 5.69 Å². The molecule has 0 atom stereocenters. The van der Waals surface area contributed by atoms with Gasteiger partial charge in [0.1, 0.15) is 11.0 Å². The Morgan fingerprint density at radius 3 is 2.55 bits per heavy atom. The van der Waals surface area contributed by atoms with Crippen molar-refractivity contribution >= 4 is 32.7 Å². The van der Waals surface area contributed by atoms with E-state index < -0.39 is 10.0 Å². The third kappa shape index (κ3) is 4.72. The summed E-state index contributed by atoms with van der Waals surface area (Å²) in [5, 5.41) is 10.5. The maximum atomic E-state index is 12.3. The van der Waals surface area contributed by atoms with Gasteiger partial charge in [-0.1, -0.05) is 30.3 Å². The summed E-state index contributed by atoms with van der Waals surface area (Å²) >= 11 is 0. The van der Waals surface area contributed by atoms with E-state index in [9.17, 15) is 13.2 Å². The van der Waals surface area contributed by atoms with Crippen molar-refractivity contribution in [2.24, 2.45) is 0 Å². The van der Waals surface area contributed by atoms with Crippen LogP contribution in [0.3, 0.4) is 0 Å². The summed E-state index contributed by atoms with van der Waals surface area (Å²) in [5.74, 6) is -0.367. The number of anilines is 1. The van der Waals surface area contributed by atoms with Crippen molar-refractivity contribution in [3.8, 4) is 0 Å². The van der Waals surface area contributed by atoms with Gasteiger partial charge in [-0.2, -0.15) is 0 Å². The van der Waals surface area contributed by atoms with E-state index in [1.807, 2.05) is 24.3 Å². The Balaban J connectivity index is 1.69. The monoisotopic (exact) mass is 417 g/mol. The zero-order valence-corrected chi connectivity index (χ0v) is 17.3. The highest BCUT2D eigenvalue weighted by Crippen LogP contribution is 2.19. The predicted octanol–water partition coefficient (Wildman–Crippen LogP) is 1.70. The number of rotatable bonds is 8. The van der Waals surface area contributed by atoms with E-state index in [2.05, 4.69) is 22.6 Å². The molecule has 0 bridgehead atoms. The highest BCUT2D eigenvalue weighted by atomic mass is 32.2. The molecule has 3 aromatic rings. The maximum absolute atomic E-state index is 12.3. The van der Waals surface area contributed by atoms with Crippen molar-refractivity contribution in [3.63, 3.8) is 0 Å². The lowest BCUT2D eigenvalue weighted by Gasteiger charge is -2.11. The Kier molecular flexibility index (Phi) is 6.14. The van der Waals surface area contributed by atoms with E-state index in [1.54, 1.807) is 0 Å². The number of fused-ring (bicyclic) bond motifs is 1. The first-order chi connectivity index (χ1) is 13.8. The number of hydrogen-bond donors (Lipinski definition) is 1. The lowest BCUT2D eigenvalue weighted by molar-refractivity contribution is -0.121. The number of benzene rings is 2. The first-order valence-electron chi connectivity index (χ1n) is 9.11. The zero-order valence-electron chi connectivity index (χ0n) is 16.5. The van der Waals surface area contributed by atoms with Crippen LogP contribution < -0.4 is 10.2 Å². The SMILES string of the molecule is CCCc1ccc(NC(=O)COn2nnc3ccc(S(=O)(=O)N(C)C)cc32)cc1. The molecule has 29 heavy (non-hydrogen) atoms. The Hall–Kier alpha value is -2.98. The Morgan fingerprint density at radius 1 is 1.17 bits per heavy atom. The largest absolute Gasteiger partial charge is 0.385 e. The molecule has 0 aliphatic carbocycles. The van der Waals surface area contributed by atoms with Gasteiger partial charge in [0.25, 0.3) is 5.91 Å². The first kappa shape index (κ1) is 20.7. The molecule has 1 N–H and O–H groups in total. The van der Waals surface area contributed by atoms with Crippen LogP contribution in [0.15, 0.2) is 47.4 Å². The van der Waals surface area contributed by atoms with E-state index in [0.29, 0.717) is 16.7 Å². The number of nitrogens with zero attached hydrogens (tertiary/aromatic N) is 4. The van der Waals surface area contributed by atoms with Crippen molar-refractivity contribution in [3.05, 3.63) is 48.0 Å². The third-order valence-electron chi connectivity index (χ3n) is 4.26. The first-order valence-corrected chi connectivity index (χ1v) is 10.6. The van der Waals surface area contributed by atoms with Gasteiger partial charge in [-0.25, -0.2) is 12.7 Å². The number of nitrogens with one attached hydrogen (secondary N) is 1. The number of carbonyl (C=O) groups is 1. The molecule has 154 valence electrons. The van der Waals surface area contributed by atoms with Gasteiger partial charge in [0.05, 0.1) is 4.90 Å². The van der Waals surface area contributed by atoms with Crippen LogP contribution in [0.2, 0.25) is 0 Å². The van der Waals surface area contributed by atoms with Crippen LogP contribution in [-0.4, -0.2) is 54.5 Å². The Bertz CT molecular complexity index is 1110. The van der Waals surface area contributed by atoms with Crippen LogP contribution in [0, 0.1) is 0 Å². The van der Waals surface area contributed by atoms with Crippen LogP contribution >= 0.6 is 0 Å². The fourth-order valence-corrected chi connectivity index (χ4v) is 3.63. The number of aryl methyl sites for hydroxylation is 1. The molecular formula is C19H23N5O4S. The molecule has 0 aliphatic heterocycles. The summed E-state index contributed by atoms with van der Waals surface area (Å²) in [6.45, 7) is 1.81. The lowest BCUT2D eigenvalue weighted by Crippen LogP contribution is -2.26. The van der Waals surface area contributed by atoms with E-state index >= 15 is 0 Å². The van der Waals surface area contributed by atoms with Gasteiger partial charge >= 0.3 is 0 Å². The summed E-state index contributed by atoms with van der Waals surface area (Å²) in [6.07, 6.45) is 2.05. The molecule has 0 radical (unpaired) electrons. The third-order valence-corrected chi connectivity index (χ3v) is 6.07. The molecule has 1 heterocycles. The average molecular weight is 417 g/mol. The fraction of sp³-hybridized carbons (Fsp3) is 0.316. The molecule has 0 spiro atoms. The molecule has 2 aromatic carbocycles. The normalized spacial score (nSPS) is 11.7. The fourth-order valence-electron chi connectivity index (χ4n) is 2.70. The summed E-state index contributed by atoms with van der Waals surface area (Å²) in [5.41, 5.74) is 2.68. The minimum absolute atomic E-state index is 0.0822. The van der Waals surface area contributed by atoms with Gasteiger partial charge in [-0.15, -0.1) is 5.10 Å². The second-order valence-corrected chi connectivity index (χ2v) is 8.82. The molecule has 0 saturated heterocycles. The molecule has 10 heteroatoms. The van der Waals surface area contributed by atoms with Crippen LogP contribution in [0.5, 0.6) is 0 Å². The van der Waals surface area contributed by atoms with Crippen molar-refractivity contribution in [2.45, 2.75) is 24.7 Å². The highest BCUT2D eigenvalue weighted by Gasteiger charge is 2.19. The van der Waals surface area contributed by atoms with Gasteiger partial charge in [0.2, 0.25) is 10.0 Å². The number of aromatic nitrogens is 3. The minimum atomic E-state index is -3.61. The predicted molar refractivity (Wildman–Crippen MR) is 109 cm³/mol. The molecule has 3 rings (SSSR count). The minimum Gasteiger partial charge on any atom is -0.385 e. The summed E-state index contributed by atoms with van der Waals surface area (Å²) in [6, 6.07) is 12.0. The Labute approximate surface area is 169 Å². The molecule has 0 fully saturated rings. The van der Waals surface area contributed by atoms with E-state index in [-0.39, 0.29) is 17.4 Å². The van der Waals surface area contributed by atoms with E-state index in [0.717, 1.165) is 22.0 Å². The number of amides is 1. The molecular weight excluding hydrogens is 394 g/mol. The van der Waals surface area contributed by atoms with Crippen molar-refractivity contribution < 1.29 is 18.0 Å². The molecule has 0 unspecified atom stereocenters. The molecule has 0 saturated carbocycles. The summed E-state index contributed by atoms with van der Waals surface area (Å²) in [7, 11) is -0.715. The smallest absolute Gasteiger partial charge is 0.265 e. The standard InChI is InChI=1S/C19H23N5O4S/c1-4-5-14-6-8-15(9-7-14)20-19(25)13-28-24-18-12-16(29(26,27)23(2)3)10-11-17(18)21-22-24/h6-12H,4-5,13H2,1-3H3,(H,20,25). The van der Waals surface area contributed by atoms with E-state index in [1.165, 1.54) is 37.9 Å². The average Bonchev–Trinajstić information content (AvgIpc) is 3.10. The molecule has 1 amide bonds. The quantitative estimate of drug-likeness (QED) is 0.598. The van der Waals surface area contributed by atoms with Gasteiger partial charge in [-0.05, 0) is 47.5 Å². The van der Waals surface area contributed by atoms with Gasteiger partial charge < -0.3 is 10.2 Å². The number of sulfonamides is 1. The summed E-state index contributed by atoms with van der Waals surface area (Å²) < 4.78 is 25.7. The van der Waals surface area contributed by atoms with Crippen molar-refractivity contribution in [2.75, 3.05) is 26.0 Å². The van der Waals surface area contributed by atoms with Crippen molar-refractivity contribution in [1.29, 1.82) is 0 Å². The van der Waals surface area contributed by atoms with Crippen LogP contribution in [0.25, 0.3) is 11.0 Å². The molecule has 9 nitrogen and oxygen atoms in total. The number of hydrogen-bond acceptors (Lipinski definition) is 6.